The van der Waals surface area contributed by atoms with Crippen molar-refractivity contribution in [2.24, 2.45) is 0 Å². The molecule has 1 fully saturated rings. The zero-order valence-corrected chi connectivity index (χ0v) is 13.5. The van der Waals surface area contributed by atoms with Gasteiger partial charge >= 0.3 is 0 Å². The summed E-state index contributed by atoms with van der Waals surface area (Å²) >= 11 is 0. The lowest BCUT2D eigenvalue weighted by Gasteiger charge is -2.33. The van der Waals surface area contributed by atoms with Gasteiger partial charge in [0.05, 0.1) is 6.61 Å². The minimum Gasteiger partial charge on any atom is -0.345 e. The summed E-state index contributed by atoms with van der Waals surface area (Å²) < 4.78 is 6.32. The van der Waals surface area contributed by atoms with E-state index in [4.69, 9.17) is 4.74 Å². The Morgan fingerprint density at radius 2 is 1.83 bits per heavy atom. The quantitative estimate of drug-likeness (QED) is 0.683. The number of carbonyl (C=O) groups is 1. The normalized spacial score (nSPS) is 22.0. The summed E-state index contributed by atoms with van der Waals surface area (Å²) in [5.74, 6) is 0.0652. The van der Waals surface area contributed by atoms with Crippen LogP contribution in [0.25, 0.3) is 10.8 Å². The molecule has 3 nitrogen and oxygen atoms in total. The van der Waals surface area contributed by atoms with Crippen LogP contribution in [0, 0.1) is 6.92 Å². The first-order valence-electron chi connectivity index (χ1n) is 8.27. The third-order valence-corrected chi connectivity index (χ3v) is 5.18. The van der Waals surface area contributed by atoms with Crippen molar-refractivity contribution in [2.75, 3.05) is 13.2 Å². The molecule has 0 spiro atoms. The smallest absolute Gasteiger partial charge is 0.257 e. The van der Waals surface area contributed by atoms with E-state index in [0.29, 0.717) is 13.2 Å². The highest BCUT2D eigenvalue weighted by Crippen LogP contribution is 2.49. The summed E-state index contributed by atoms with van der Waals surface area (Å²) in [6, 6.07) is 20.5. The molecule has 0 bridgehead atoms. The second-order valence-corrected chi connectivity index (χ2v) is 6.53. The average molecular weight is 315 g/mol. The molecular formula is C21H17NO2. The minimum absolute atomic E-state index is 0.0652. The standard InChI is InChI=1S/C21H17NO2/c1-14-9-10-17-19(13-14)21(22(20(17)23)11-12-24-21)18-8-4-6-15-5-2-3-7-16(15)18/h2-10,13H,11-12H2,1H3. The number of nitrogens with zero attached hydrogens (tertiary/aromatic N) is 1. The van der Waals surface area contributed by atoms with Crippen LogP contribution in [0.3, 0.4) is 0 Å². The Balaban J connectivity index is 1.89. The van der Waals surface area contributed by atoms with Crippen molar-refractivity contribution in [3.05, 3.63) is 82.9 Å². The van der Waals surface area contributed by atoms with Gasteiger partial charge in [0.1, 0.15) is 0 Å². The average Bonchev–Trinajstić information content (AvgIpc) is 3.14. The maximum atomic E-state index is 13.0. The maximum absolute atomic E-state index is 13.0. The van der Waals surface area contributed by atoms with Gasteiger partial charge in [0, 0.05) is 23.2 Å². The summed E-state index contributed by atoms with van der Waals surface area (Å²) in [4.78, 5) is 14.8. The highest BCUT2D eigenvalue weighted by molar-refractivity contribution is 6.02. The number of carbonyl (C=O) groups excluding carboxylic acids is 1. The molecule has 5 rings (SSSR count). The first-order valence-corrected chi connectivity index (χ1v) is 8.27. The van der Waals surface area contributed by atoms with Gasteiger partial charge in [-0.1, -0.05) is 60.2 Å². The van der Waals surface area contributed by atoms with E-state index in [-0.39, 0.29) is 5.91 Å². The molecule has 0 N–H and O–H groups in total. The third kappa shape index (κ3) is 1.57. The number of benzene rings is 3. The molecule has 1 atom stereocenters. The molecule has 1 unspecified atom stereocenters. The third-order valence-electron chi connectivity index (χ3n) is 5.18. The lowest BCUT2D eigenvalue weighted by molar-refractivity contribution is -0.0293. The molecular weight excluding hydrogens is 298 g/mol. The van der Waals surface area contributed by atoms with Crippen LogP contribution in [-0.2, 0) is 10.5 Å². The van der Waals surface area contributed by atoms with Gasteiger partial charge in [0.2, 0.25) is 0 Å². The molecule has 3 heteroatoms. The fourth-order valence-electron chi connectivity index (χ4n) is 4.15. The van der Waals surface area contributed by atoms with E-state index in [1.165, 1.54) is 0 Å². The SMILES string of the molecule is Cc1ccc2c(c1)C1(c3cccc4ccccc34)OCCN1C2=O. The van der Waals surface area contributed by atoms with Crippen LogP contribution in [0.1, 0.15) is 27.0 Å². The van der Waals surface area contributed by atoms with Crippen molar-refractivity contribution in [3.8, 4) is 0 Å². The molecule has 0 aromatic heterocycles. The first-order chi connectivity index (χ1) is 11.7. The first kappa shape index (κ1) is 13.8. The number of fused-ring (bicyclic) bond motifs is 4. The van der Waals surface area contributed by atoms with Gasteiger partial charge in [-0.05, 0) is 23.8 Å². The van der Waals surface area contributed by atoms with Crippen LogP contribution in [0.15, 0.2) is 60.7 Å². The topological polar surface area (TPSA) is 29.5 Å². The number of rotatable bonds is 1. The van der Waals surface area contributed by atoms with Gasteiger partial charge in [0.25, 0.3) is 5.91 Å². The summed E-state index contributed by atoms with van der Waals surface area (Å²) in [7, 11) is 0. The Morgan fingerprint density at radius 3 is 2.75 bits per heavy atom. The molecule has 0 aliphatic carbocycles. The van der Waals surface area contributed by atoms with Crippen molar-refractivity contribution in [3.63, 3.8) is 0 Å². The Hall–Kier alpha value is -2.65. The minimum atomic E-state index is -0.792. The molecule has 0 radical (unpaired) electrons. The molecule has 2 heterocycles. The summed E-state index contributed by atoms with van der Waals surface area (Å²) in [6.07, 6.45) is 0. The van der Waals surface area contributed by atoms with Crippen molar-refractivity contribution in [1.29, 1.82) is 0 Å². The molecule has 2 aliphatic rings. The highest BCUT2D eigenvalue weighted by Gasteiger charge is 2.55. The van der Waals surface area contributed by atoms with Gasteiger partial charge in [-0.2, -0.15) is 0 Å². The fraction of sp³-hybridized carbons (Fsp3) is 0.190. The summed E-state index contributed by atoms with van der Waals surface area (Å²) in [5.41, 5.74) is 3.13. The van der Waals surface area contributed by atoms with E-state index in [1.54, 1.807) is 0 Å². The van der Waals surface area contributed by atoms with Crippen molar-refractivity contribution in [1.82, 2.24) is 4.90 Å². The van der Waals surface area contributed by atoms with Crippen LogP contribution in [0.4, 0.5) is 0 Å². The molecule has 1 amide bonds. The lowest BCUT2D eigenvalue weighted by atomic mass is 9.89. The molecule has 3 aromatic rings. The van der Waals surface area contributed by atoms with Gasteiger partial charge in [-0.25, -0.2) is 0 Å². The van der Waals surface area contributed by atoms with Gasteiger partial charge in [0.15, 0.2) is 5.72 Å². The summed E-state index contributed by atoms with van der Waals surface area (Å²) in [5, 5.41) is 2.29. The van der Waals surface area contributed by atoms with E-state index in [9.17, 15) is 4.79 Å². The summed E-state index contributed by atoms with van der Waals surface area (Å²) in [6.45, 7) is 3.23. The van der Waals surface area contributed by atoms with Gasteiger partial charge < -0.3 is 4.74 Å². The van der Waals surface area contributed by atoms with Gasteiger partial charge in [-0.3, -0.25) is 9.69 Å². The Morgan fingerprint density at radius 1 is 1.00 bits per heavy atom. The van der Waals surface area contributed by atoms with Crippen molar-refractivity contribution < 1.29 is 9.53 Å². The monoisotopic (exact) mass is 315 g/mol. The molecule has 1 saturated heterocycles. The van der Waals surface area contributed by atoms with Crippen LogP contribution in [0.2, 0.25) is 0 Å². The predicted octanol–water partition coefficient (Wildman–Crippen LogP) is 3.84. The van der Waals surface area contributed by atoms with Crippen molar-refractivity contribution in [2.45, 2.75) is 12.6 Å². The predicted molar refractivity (Wildman–Crippen MR) is 92.9 cm³/mol. The zero-order valence-electron chi connectivity index (χ0n) is 13.5. The van der Waals surface area contributed by atoms with Crippen LogP contribution in [-0.4, -0.2) is 24.0 Å². The molecule has 118 valence electrons. The molecule has 2 aliphatic heterocycles. The van der Waals surface area contributed by atoms with Crippen LogP contribution >= 0.6 is 0 Å². The lowest BCUT2D eigenvalue weighted by Crippen LogP contribution is -2.40. The number of aryl methyl sites for hydroxylation is 1. The van der Waals surface area contributed by atoms with Crippen LogP contribution in [0.5, 0.6) is 0 Å². The Labute approximate surface area is 140 Å². The number of ether oxygens (including phenoxy) is 1. The number of hydrogen-bond acceptors (Lipinski definition) is 2. The molecule has 24 heavy (non-hydrogen) atoms. The molecule has 0 saturated carbocycles. The van der Waals surface area contributed by atoms with E-state index < -0.39 is 5.72 Å². The van der Waals surface area contributed by atoms with E-state index >= 15 is 0 Å². The van der Waals surface area contributed by atoms with Gasteiger partial charge in [-0.15, -0.1) is 0 Å². The maximum Gasteiger partial charge on any atom is 0.257 e. The second-order valence-electron chi connectivity index (χ2n) is 6.53. The zero-order chi connectivity index (χ0) is 16.3. The van der Waals surface area contributed by atoms with E-state index in [1.807, 2.05) is 35.2 Å². The van der Waals surface area contributed by atoms with Crippen molar-refractivity contribution >= 4 is 16.7 Å². The largest absolute Gasteiger partial charge is 0.345 e. The molecule has 3 aromatic carbocycles. The number of hydrogen-bond donors (Lipinski definition) is 0. The van der Waals surface area contributed by atoms with Crippen LogP contribution < -0.4 is 0 Å². The Kier molecular flexibility index (Phi) is 2.68. The number of amides is 1. The second kappa shape index (κ2) is 4.68. The Bertz CT molecular complexity index is 989. The van der Waals surface area contributed by atoms with E-state index in [2.05, 4.69) is 37.3 Å². The van der Waals surface area contributed by atoms with E-state index in [0.717, 1.165) is 33.0 Å². The highest BCUT2D eigenvalue weighted by atomic mass is 16.5. The fourth-order valence-corrected chi connectivity index (χ4v) is 4.15.